The van der Waals surface area contributed by atoms with Crippen LogP contribution in [0.4, 0.5) is 4.79 Å². The summed E-state index contributed by atoms with van der Waals surface area (Å²) in [4.78, 5) is 16.4. The van der Waals surface area contributed by atoms with E-state index in [0.717, 1.165) is 39.1 Å². The summed E-state index contributed by atoms with van der Waals surface area (Å²) in [6, 6.07) is 8.55. The molecular weight excluding hydrogens is 278 g/mol. The van der Waals surface area contributed by atoms with Gasteiger partial charge in [-0.15, -0.1) is 0 Å². The molecule has 2 amide bonds. The molecule has 5 heteroatoms. The van der Waals surface area contributed by atoms with Gasteiger partial charge in [0.2, 0.25) is 0 Å². The Morgan fingerprint density at radius 3 is 2.64 bits per heavy atom. The minimum Gasteiger partial charge on any atom is -0.385 e. The second-order valence-corrected chi connectivity index (χ2v) is 5.77. The number of rotatable bonds is 6. The first-order valence-electron chi connectivity index (χ1n) is 7.99. The number of hydrogen-bond donors (Lipinski definition) is 1. The number of nitrogens with zero attached hydrogens (tertiary/aromatic N) is 2. The highest BCUT2D eigenvalue weighted by atomic mass is 16.5. The summed E-state index contributed by atoms with van der Waals surface area (Å²) in [6.07, 6.45) is 0.857. The molecule has 1 heterocycles. The molecule has 0 radical (unpaired) electrons. The second kappa shape index (κ2) is 8.76. The summed E-state index contributed by atoms with van der Waals surface area (Å²) in [6.45, 7) is 7.93. The van der Waals surface area contributed by atoms with Crippen LogP contribution >= 0.6 is 0 Å². The Hall–Kier alpha value is -1.59. The van der Waals surface area contributed by atoms with Crippen LogP contribution in [-0.2, 0) is 11.3 Å². The monoisotopic (exact) mass is 305 g/mol. The molecule has 5 nitrogen and oxygen atoms in total. The molecule has 1 saturated heterocycles. The van der Waals surface area contributed by atoms with E-state index in [2.05, 4.69) is 41.4 Å². The molecule has 0 aliphatic carbocycles. The van der Waals surface area contributed by atoms with Crippen LogP contribution in [-0.4, -0.2) is 62.3 Å². The summed E-state index contributed by atoms with van der Waals surface area (Å²) in [5.74, 6) is 0. The van der Waals surface area contributed by atoms with Crippen LogP contribution in [0, 0.1) is 6.92 Å². The van der Waals surface area contributed by atoms with Crippen molar-refractivity contribution in [3.8, 4) is 0 Å². The predicted octanol–water partition coefficient (Wildman–Crippen LogP) is 1.86. The first-order chi connectivity index (χ1) is 10.7. The van der Waals surface area contributed by atoms with Crippen molar-refractivity contribution < 1.29 is 9.53 Å². The third kappa shape index (κ3) is 5.00. The molecule has 0 saturated carbocycles. The highest BCUT2D eigenvalue weighted by Crippen LogP contribution is 2.12. The number of ether oxygens (including phenoxy) is 1. The molecule has 1 aromatic rings. The maximum absolute atomic E-state index is 12.0. The van der Waals surface area contributed by atoms with Crippen molar-refractivity contribution in [1.29, 1.82) is 0 Å². The lowest BCUT2D eigenvalue weighted by molar-refractivity contribution is 0.134. The standard InChI is InChI=1S/C17H27N3O2/c1-15-6-3-4-7-16(15)14-19-9-11-20(12-10-19)17(21)18-8-5-13-22-2/h3-4,6-7H,5,8-14H2,1-2H3,(H,18,21). The van der Waals surface area contributed by atoms with Gasteiger partial charge in [0.25, 0.3) is 0 Å². The molecule has 1 aliphatic heterocycles. The van der Waals surface area contributed by atoms with Crippen molar-refractivity contribution in [3.63, 3.8) is 0 Å². The number of hydrogen-bond acceptors (Lipinski definition) is 3. The fourth-order valence-corrected chi connectivity index (χ4v) is 2.66. The molecule has 2 rings (SSSR count). The zero-order chi connectivity index (χ0) is 15.8. The number of nitrogens with one attached hydrogen (secondary N) is 1. The SMILES string of the molecule is COCCCNC(=O)N1CCN(Cc2ccccc2C)CC1. The third-order valence-electron chi connectivity index (χ3n) is 4.12. The van der Waals surface area contributed by atoms with E-state index >= 15 is 0 Å². The topological polar surface area (TPSA) is 44.8 Å². The molecule has 1 fully saturated rings. The van der Waals surface area contributed by atoms with Crippen molar-refractivity contribution >= 4 is 6.03 Å². The van der Waals surface area contributed by atoms with E-state index in [-0.39, 0.29) is 6.03 Å². The van der Waals surface area contributed by atoms with Crippen LogP contribution < -0.4 is 5.32 Å². The molecule has 0 spiro atoms. The fraction of sp³-hybridized carbons (Fsp3) is 0.588. The minimum atomic E-state index is 0.0478. The van der Waals surface area contributed by atoms with Crippen LogP contribution in [0.2, 0.25) is 0 Å². The van der Waals surface area contributed by atoms with Gasteiger partial charge in [-0.2, -0.15) is 0 Å². The van der Waals surface area contributed by atoms with Gasteiger partial charge in [-0.25, -0.2) is 4.79 Å². The van der Waals surface area contributed by atoms with Gasteiger partial charge < -0.3 is 15.0 Å². The number of amides is 2. The molecule has 0 aromatic heterocycles. The Kier molecular flexibility index (Phi) is 6.68. The van der Waals surface area contributed by atoms with Crippen LogP contribution in [0.1, 0.15) is 17.5 Å². The van der Waals surface area contributed by atoms with E-state index in [1.807, 2.05) is 4.90 Å². The Balaban J connectivity index is 1.71. The number of urea groups is 1. The molecular formula is C17H27N3O2. The van der Waals surface area contributed by atoms with Crippen molar-refractivity contribution in [3.05, 3.63) is 35.4 Å². The Morgan fingerprint density at radius 1 is 1.23 bits per heavy atom. The van der Waals surface area contributed by atoms with E-state index in [4.69, 9.17) is 4.74 Å². The number of piperazine rings is 1. The van der Waals surface area contributed by atoms with Gasteiger partial charge >= 0.3 is 6.03 Å². The molecule has 1 aliphatic rings. The lowest BCUT2D eigenvalue weighted by Gasteiger charge is -2.35. The van der Waals surface area contributed by atoms with Gasteiger partial charge in [-0.3, -0.25) is 4.90 Å². The zero-order valence-electron chi connectivity index (χ0n) is 13.7. The van der Waals surface area contributed by atoms with E-state index < -0.39 is 0 Å². The predicted molar refractivity (Wildman–Crippen MR) is 87.9 cm³/mol. The lowest BCUT2D eigenvalue weighted by Crippen LogP contribution is -2.51. The van der Waals surface area contributed by atoms with Gasteiger partial charge in [-0.1, -0.05) is 24.3 Å². The summed E-state index contributed by atoms with van der Waals surface area (Å²) < 4.78 is 4.98. The van der Waals surface area contributed by atoms with Gasteiger partial charge in [0, 0.05) is 53.0 Å². The maximum atomic E-state index is 12.0. The second-order valence-electron chi connectivity index (χ2n) is 5.77. The average molecular weight is 305 g/mol. The lowest BCUT2D eigenvalue weighted by atomic mass is 10.1. The summed E-state index contributed by atoms with van der Waals surface area (Å²) in [5, 5.41) is 2.95. The maximum Gasteiger partial charge on any atom is 0.317 e. The Morgan fingerprint density at radius 2 is 1.95 bits per heavy atom. The molecule has 122 valence electrons. The van der Waals surface area contributed by atoms with Crippen LogP contribution in [0.5, 0.6) is 0 Å². The first-order valence-corrected chi connectivity index (χ1v) is 7.99. The molecule has 22 heavy (non-hydrogen) atoms. The number of benzene rings is 1. The van der Waals surface area contributed by atoms with Gasteiger partial charge in [0.05, 0.1) is 0 Å². The van der Waals surface area contributed by atoms with Crippen molar-refractivity contribution in [2.75, 3.05) is 46.4 Å². The van der Waals surface area contributed by atoms with E-state index in [1.165, 1.54) is 11.1 Å². The minimum absolute atomic E-state index is 0.0478. The highest BCUT2D eigenvalue weighted by molar-refractivity contribution is 5.74. The number of carbonyl (C=O) groups excluding carboxylic acids is 1. The highest BCUT2D eigenvalue weighted by Gasteiger charge is 2.20. The largest absolute Gasteiger partial charge is 0.385 e. The Bertz CT molecular complexity index is 471. The molecule has 0 unspecified atom stereocenters. The van der Waals surface area contributed by atoms with Crippen LogP contribution in [0.15, 0.2) is 24.3 Å². The van der Waals surface area contributed by atoms with Crippen molar-refractivity contribution in [1.82, 2.24) is 15.1 Å². The quantitative estimate of drug-likeness (QED) is 0.816. The number of methoxy groups -OCH3 is 1. The smallest absolute Gasteiger partial charge is 0.317 e. The molecule has 0 atom stereocenters. The summed E-state index contributed by atoms with van der Waals surface area (Å²) in [5.41, 5.74) is 2.71. The first kappa shape index (κ1) is 16.8. The third-order valence-corrected chi connectivity index (χ3v) is 4.12. The summed E-state index contributed by atoms with van der Waals surface area (Å²) >= 11 is 0. The molecule has 1 N–H and O–H groups in total. The Labute approximate surface area is 133 Å². The van der Waals surface area contributed by atoms with Gasteiger partial charge in [0.1, 0.15) is 0 Å². The molecule has 0 bridgehead atoms. The number of carbonyl (C=O) groups is 1. The van der Waals surface area contributed by atoms with E-state index in [9.17, 15) is 4.79 Å². The van der Waals surface area contributed by atoms with E-state index in [1.54, 1.807) is 7.11 Å². The van der Waals surface area contributed by atoms with Gasteiger partial charge in [-0.05, 0) is 24.5 Å². The zero-order valence-corrected chi connectivity index (χ0v) is 13.7. The van der Waals surface area contributed by atoms with Crippen LogP contribution in [0.25, 0.3) is 0 Å². The van der Waals surface area contributed by atoms with Crippen molar-refractivity contribution in [2.24, 2.45) is 0 Å². The van der Waals surface area contributed by atoms with Gasteiger partial charge in [0.15, 0.2) is 0 Å². The average Bonchev–Trinajstić information content (AvgIpc) is 2.54. The summed E-state index contributed by atoms with van der Waals surface area (Å²) in [7, 11) is 1.68. The number of aryl methyl sites for hydroxylation is 1. The molecule has 1 aromatic carbocycles. The fourth-order valence-electron chi connectivity index (χ4n) is 2.66. The van der Waals surface area contributed by atoms with Crippen molar-refractivity contribution in [2.45, 2.75) is 19.9 Å². The van der Waals surface area contributed by atoms with Crippen LogP contribution in [0.3, 0.4) is 0 Å². The van der Waals surface area contributed by atoms with E-state index in [0.29, 0.717) is 13.2 Å². The normalized spacial score (nSPS) is 15.8.